The van der Waals surface area contributed by atoms with E-state index in [1.54, 1.807) is 0 Å². The van der Waals surface area contributed by atoms with Gasteiger partial charge in [0, 0.05) is 23.3 Å². The van der Waals surface area contributed by atoms with Crippen molar-refractivity contribution >= 4 is 28.6 Å². The number of halogens is 1. The minimum atomic E-state index is 0.605. The van der Waals surface area contributed by atoms with Crippen LogP contribution in [0.3, 0.4) is 0 Å². The average Bonchev–Trinajstić information content (AvgIpc) is 2.93. The van der Waals surface area contributed by atoms with Crippen molar-refractivity contribution in [1.29, 1.82) is 0 Å². The van der Waals surface area contributed by atoms with Gasteiger partial charge >= 0.3 is 0 Å². The molecule has 0 atom stereocenters. The molecule has 3 nitrogen and oxygen atoms in total. The normalized spacial score (nSPS) is 16.0. The van der Waals surface area contributed by atoms with Crippen molar-refractivity contribution in [2.75, 3.05) is 18.4 Å². The maximum absolute atomic E-state index is 5.88. The molecule has 2 heterocycles. The average molecular weight is 322 g/mol. The van der Waals surface area contributed by atoms with Crippen LogP contribution in [0.5, 0.6) is 0 Å². The van der Waals surface area contributed by atoms with Gasteiger partial charge in [0.15, 0.2) is 4.47 Å². The number of para-hydroxylation sites is 1. The summed E-state index contributed by atoms with van der Waals surface area (Å²) in [5.74, 6) is 0. The van der Waals surface area contributed by atoms with Crippen LogP contribution in [0.4, 0.5) is 5.69 Å². The van der Waals surface area contributed by atoms with Gasteiger partial charge in [-0.05, 0) is 37.6 Å². The van der Waals surface area contributed by atoms with Crippen LogP contribution >= 0.6 is 22.9 Å². The van der Waals surface area contributed by atoms with Crippen LogP contribution < -0.4 is 5.32 Å². The number of rotatable bonds is 5. The monoisotopic (exact) mass is 321 g/mol. The van der Waals surface area contributed by atoms with Crippen LogP contribution in [-0.4, -0.2) is 23.0 Å². The largest absolute Gasteiger partial charge is 0.380 e. The molecule has 21 heavy (non-hydrogen) atoms. The number of nitrogens with one attached hydrogen (secondary N) is 1. The van der Waals surface area contributed by atoms with Crippen molar-refractivity contribution in [3.8, 4) is 0 Å². The molecule has 3 rings (SSSR count). The molecule has 0 bridgehead atoms. The van der Waals surface area contributed by atoms with Crippen molar-refractivity contribution in [2.45, 2.75) is 32.4 Å². The lowest BCUT2D eigenvalue weighted by Crippen LogP contribution is -2.29. The molecule has 0 aliphatic carbocycles. The van der Waals surface area contributed by atoms with Gasteiger partial charge in [0.1, 0.15) is 0 Å². The number of piperidine rings is 1. The summed E-state index contributed by atoms with van der Waals surface area (Å²) in [6, 6.07) is 8.58. The summed E-state index contributed by atoms with van der Waals surface area (Å²) in [5.41, 5.74) is 2.59. The summed E-state index contributed by atoms with van der Waals surface area (Å²) in [6.45, 7) is 4.26. The minimum absolute atomic E-state index is 0.605. The van der Waals surface area contributed by atoms with E-state index in [1.165, 1.54) is 54.9 Å². The molecule has 1 aliphatic heterocycles. The van der Waals surface area contributed by atoms with E-state index in [-0.39, 0.29) is 0 Å². The molecule has 1 N–H and O–H groups in total. The number of nitrogens with zero attached hydrogens (tertiary/aromatic N) is 2. The van der Waals surface area contributed by atoms with Gasteiger partial charge in [0.05, 0.1) is 6.54 Å². The lowest BCUT2D eigenvalue weighted by Gasteiger charge is -2.27. The summed E-state index contributed by atoms with van der Waals surface area (Å²) in [7, 11) is 0. The van der Waals surface area contributed by atoms with Gasteiger partial charge in [0.2, 0.25) is 0 Å². The van der Waals surface area contributed by atoms with Crippen LogP contribution in [0.1, 0.15) is 29.7 Å². The van der Waals surface area contributed by atoms with Gasteiger partial charge < -0.3 is 5.32 Å². The second kappa shape index (κ2) is 7.25. The lowest BCUT2D eigenvalue weighted by atomic mass is 10.1. The lowest BCUT2D eigenvalue weighted by molar-refractivity contribution is 0.221. The Hall–Kier alpha value is -1.10. The van der Waals surface area contributed by atoms with Gasteiger partial charge in [0.25, 0.3) is 0 Å². The zero-order valence-electron chi connectivity index (χ0n) is 12.0. The summed E-state index contributed by atoms with van der Waals surface area (Å²) in [5, 5.41) is 3.52. The van der Waals surface area contributed by atoms with E-state index >= 15 is 0 Å². The summed E-state index contributed by atoms with van der Waals surface area (Å²) < 4.78 is 0.605. The fourth-order valence-electron chi connectivity index (χ4n) is 2.74. The van der Waals surface area contributed by atoms with Gasteiger partial charge in [-0.25, -0.2) is 4.98 Å². The molecule has 1 saturated heterocycles. The highest BCUT2D eigenvalue weighted by molar-refractivity contribution is 7.15. The Balaban J connectivity index is 1.64. The van der Waals surface area contributed by atoms with Gasteiger partial charge in [-0.15, -0.1) is 11.3 Å². The Labute approximate surface area is 135 Å². The van der Waals surface area contributed by atoms with Gasteiger partial charge in [-0.3, -0.25) is 4.90 Å². The number of likely N-dealkylation sites (tertiary alicyclic amines) is 1. The minimum Gasteiger partial charge on any atom is -0.380 e. The number of hydrogen-bond acceptors (Lipinski definition) is 4. The molecule has 0 amide bonds. The first-order valence-corrected chi connectivity index (χ1v) is 8.65. The molecule has 1 aromatic carbocycles. The van der Waals surface area contributed by atoms with Crippen molar-refractivity contribution in [2.24, 2.45) is 0 Å². The molecule has 0 radical (unpaired) electrons. The SMILES string of the molecule is Clc1ncc(CNc2ccccc2CN2CCCCC2)s1. The number of aromatic nitrogens is 1. The highest BCUT2D eigenvalue weighted by atomic mass is 35.5. The maximum Gasteiger partial charge on any atom is 0.183 e. The molecular weight excluding hydrogens is 302 g/mol. The number of anilines is 1. The number of benzene rings is 1. The first kappa shape index (κ1) is 14.8. The fraction of sp³-hybridized carbons (Fsp3) is 0.438. The quantitative estimate of drug-likeness (QED) is 0.885. The zero-order chi connectivity index (χ0) is 14.5. The van der Waals surface area contributed by atoms with E-state index in [0.717, 1.165) is 18.0 Å². The number of hydrogen-bond donors (Lipinski definition) is 1. The Bertz CT molecular complexity index is 578. The van der Waals surface area contributed by atoms with E-state index in [4.69, 9.17) is 11.6 Å². The maximum atomic E-state index is 5.88. The molecule has 5 heteroatoms. The molecular formula is C16H20ClN3S. The first-order valence-electron chi connectivity index (χ1n) is 7.45. The predicted molar refractivity (Wildman–Crippen MR) is 90.0 cm³/mol. The Morgan fingerprint density at radius 2 is 2.00 bits per heavy atom. The van der Waals surface area contributed by atoms with Gasteiger partial charge in [-0.1, -0.05) is 36.2 Å². The van der Waals surface area contributed by atoms with Gasteiger partial charge in [-0.2, -0.15) is 0 Å². The smallest absolute Gasteiger partial charge is 0.183 e. The standard InChI is InChI=1S/C16H20ClN3S/c17-16-19-11-14(21-16)10-18-15-7-3-2-6-13(15)12-20-8-4-1-5-9-20/h2-3,6-7,11,18H,1,4-5,8-10,12H2. The topological polar surface area (TPSA) is 28.2 Å². The summed E-state index contributed by atoms with van der Waals surface area (Å²) in [4.78, 5) is 7.79. The van der Waals surface area contributed by atoms with Crippen LogP contribution in [0, 0.1) is 0 Å². The predicted octanol–water partition coefficient (Wildman–Crippen LogP) is 4.39. The third-order valence-corrected chi connectivity index (χ3v) is 4.95. The summed E-state index contributed by atoms with van der Waals surface area (Å²) >= 11 is 7.41. The number of thiazole rings is 1. The second-order valence-electron chi connectivity index (χ2n) is 5.43. The first-order chi connectivity index (χ1) is 10.3. The molecule has 0 saturated carbocycles. The fourth-order valence-corrected chi connectivity index (χ4v) is 3.65. The van der Waals surface area contributed by atoms with Crippen LogP contribution in [-0.2, 0) is 13.1 Å². The Morgan fingerprint density at radius 1 is 1.19 bits per heavy atom. The Kier molecular flexibility index (Phi) is 5.12. The highest BCUT2D eigenvalue weighted by Gasteiger charge is 2.12. The molecule has 112 valence electrons. The molecule has 1 fully saturated rings. The molecule has 1 aliphatic rings. The van der Waals surface area contributed by atoms with E-state index in [1.807, 2.05) is 6.20 Å². The third-order valence-electron chi connectivity index (χ3n) is 3.84. The molecule has 1 aromatic heterocycles. The zero-order valence-corrected chi connectivity index (χ0v) is 13.6. The van der Waals surface area contributed by atoms with E-state index in [0.29, 0.717) is 4.47 Å². The van der Waals surface area contributed by atoms with Crippen LogP contribution in [0.2, 0.25) is 4.47 Å². The van der Waals surface area contributed by atoms with E-state index < -0.39 is 0 Å². The van der Waals surface area contributed by atoms with Crippen molar-refractivity contribution in [3.05, 3.63) is 45.4 Å². The molecule has 0 unspecified atom stereocenters. The second-order valence-corrected chi connectivity index (χ2v) is 7.12. The van der Waals surface area contributed by atoms with Crippen molar-refractivity contribution in [1.82, 2.24) is 9.88 Å². The Morgan fingerprint density at radius 3 is 2.76 bits per heavy atom. The van der Waals surface area contributed by atoms with E-state index in [2.05, 4.69) is 39.5 Å². The van der Waals surface area contributed by atoms with Crippen molar-refractivity contribution < 1.29 is 0 Å². The summed E-state index contributed by atoms with van der Waals surface area (Å²) in [6.07, 6.45) is 5.87. The van der Waals surface area contributed by atoms with Crippen LogP contribution in [0.15, 0.2) is 30.5 Å². The van der Waals surface area contributed by atoms with E-state index in [9.17, 15) is 0 Å². The van der Waals surface area contributed by atoms with Crippen molar-refractivity contribution in [3.63, 3.8) is 0 Å². The molecule has 0 spiro atoms. The van der Waals surface area contributed by atoms with Crippen LogP contribution in [0.25, 0.3) is 0 Å². The highest BCUT2D eigenvalue weighted by Crippen LogP contribution is 2.22. The third kappa shape index (κ3) is 4.19. The molecule has 2 aromatic rings.